The Bertz CT molecular complexity index is 419. The lowest BCUT2D eigenvalue weighted by molar-refractivity contribution is 0.187. The van der Waals surface area contributed by atoms with Crippen LogP contribution in [0, 0.1) is 0 Å². The summed E-state index contributed by atoms with van der Waals surface area (Å²) in [5.41, 5.74) is 1.13. The van der Waals surface area contributed by atoms with Gasteiger partial charge in [-0.1, -0.05) is 6.92 Å². The van der Waals surface area contributed by atoms with Crippen molar-refractivity contribution in [3.8, 4) is 0 Å². The van der Waals surface area contributed by atoms with Crippen molar-refractivity contribution in [2.45, 2.75) is 38.6 Å². The molecule has 1 aromatic heterocycles. The first kappa shape index (κ1) is 13.6. The smallest absolute Gasteiger partial charge is 0.412 e. The van der Waals surface area contributed by atoms with E-state index in [-0.39, 0.29) is 0 Å². The molecule has 1 unspecified atom stereocenters. The molecule has 1 N–H and O–H groups in total. The number of piperidine rings is 1. The number of carbonyl (C=O) groups excluding carboxylic acids is 1. The molecule has 104 valence electrons. The maximum Gasteiger partial charge on any atom is 0.412 e. The molecular formula is C14H21N3O2. The van der Waals surface area contributed by atoms with Crippen molar-refractivity contribution in [3.63, 3.8) is 0 Å². The minimum atomic E-state index is -0.496. The molecule has 2 rings (SSSR count). The van der Waals surface area contributed by atoms with Gasteiger partial charge in [0.05, 0.1) is 19.0 Å². The number of hydrogen-bond acceptors (Lipinski definition) is 4. The zero-order chi connectivity index (χ0) is 13.7. The number of methoxy groups -OCH3 is 1. The fraction of sp³-hybridized carbons (Fsp3) is 0.571. The summed E-state index contributed by atoms with van der Waals surface area (Å²) in [6.07, 6.45) is 6.27. The first-order valence-electron chi connectivity index (χ1n) is 6.82. The summed E-state index contributed by atoms with van der Waals surface area (Å²) < 4.78 is 4.53. The topological polar surface area (TPSA) is 54.5 Å². The molecule has 5 nitrogen and oxygen atoms in total. The van der Waals surface area contributed by atoms with Crippen molar-refractivity contribution < 1.29 is 9.53 Å². The highest BCUT2D eigenvalue weighted by molar-refractivity contribution is 5.83. The highest BCUT2D eigenvalue weighted by Crippen LogP contribution is 2.26. The average molecular weight is 263 g/mol. The second-order valence-electron chi connectivity index (χ2n) is 4.77. The molecule has 0 aromatic carbocycles. The number of aromatic nitrogens is 1. The first-order valence-corrected chi connectivity index (χ1v) is 6.82. The lowest BCUT2D eigenvalue weighted by Crippen LogP contribution is -2.39. The fourth-order valence-electron chi connectivity index (χ4n) is 2.55. The standard InChI is InChI=1S/C14H21N3O2/c1-3-11-6-4-5-9-17(11)12-7-8-13(15-10-12)16-14(18)19-2/h7-8,10-11H,3-6,9H2,1-2H3,(H,15,16,18). The largest absolute Gasteiger partial charge is 0.453 e. The van der Waals surface area contributed by atoms with E-state index in [9.17, 15) is 4.79 Å². The van der Waals surface area contributed by atoms with Crippen molar-refractivity contribution in [3.05, 3.63) is 18.3 Å². The van der Waals surface area contributed by atoms with Crippen molar-refractivity contribution in [1.29, 1.82) is 0 Å². The van der Waals surface area contributed by atoms with Crippen LogP contribution in [0.5, 0.6) is 0 Å². The molecular weight excluding hydrogens is 242 g/mol. The quantitative estimate of drug-likeness (QED) is 0.910. The molecule has 1 atom stereocenters. The molecule has 1 saturated heterocycles. The van der Waals surface area contributed by atoms with Gasteiger partial charge in [-0.05, 0) is 37.8 Å². The van der Waals surface area contributed by atoms with Crippen LogP contribution in [0.3, 0.4) is 0 Å². The van der Waals surface area contributed by atoms with E-state index in [2.05, 4.69) is 26.9 Å². The molecule has 1 amide bonds. The molecule has 1 aliphatic rings. The van der Waals surface area contributed by atoms with Crippen LogP contribution in [0.25, 0.3) is 0 Å². The SMILES string of the molecule is CCC1CCCCN1c1ccc(NC(=O)OC)nc1. The highest BCUT2D eigenvalue weighted by Gasteiger charge is 2.21. The van der Waals surface area contributed by atoms with Crippen molar-refractivity contribution in [2.75, 3.05) is 23.9 Å². The Morgan fingerprint density at radius 2 is 2.37 bits per heavy atom. The maximum atomic E-state index is 11.1. The van der Waals surface area contributed by atoms with E-state index in [0.717, 1.165) is 18.7 Å². The summed E-state index contributed by atoms with van der Waals surface area (Å²) in [4.78, 5) is 17.8. The van der Waals surface area contributed by atoms with Gasteiger partial charge in [-0.25, -0.2) is 9.78 Å². The van der Waals surface area contributed by atoms with E-state index < -0.39 is 6.09 Å². The van der Waals surface area contributed by atoms with Gasteiger partial charge in [0.2, 0.25) is 0 Å². The number of pyridine rings is 1. The van der Waals surface area contributed by atoms with E-state index in [4.69, 9.17) is 0 Å². The van der Waals surface area contributed by atoms with Gasteiger partial charge in [0.1, 0.15) is 5.82 Å². The number of hydrogen-bond donors (Lipinski definition) is 1. The first-order chi connectivity index (χ1) is 9.24. The molecule has 0 spiro atoms. The van der Waals surface area contributed by atoms with Crippen molar-refractivity contribution >= 4 is 17.6 Å². The lowest BCUT2D eigenvalue weighted by atomic mass is 9.99. The van der Waals surface area contributed by atoms with Crippen molar-refractivity contribution in [1.82, 2.24) is 4.98 Å². The number of amides is 1. The summed E-state index contributed by atoms with van der Waals surface area (Å²) in [5, 5.41) is 2.56. The third kappa shape index (κ3) is 3.36. The number of carbonyl (C=O) groups is 1. The Hall–Kier alpha value is -1.78. The van der Waals surface area contributed by atoms with Gasteiger partial charge in [0, 0.05) is 12.6 Å². The monoisotopic (exact) mass is 263 g/mol. The Kier molecular flexibility index (Phi) is 4.60. The normalized spacial score (nSPS) is 19.1. The molecule has 2 heterocycles. The maximum absolute atomic E-state index is 11.1. The summed E-state index contributed by atoms with van der Waals surface area (Å²) in [6, 6.07) is 4.43. The minimum absolute atomic E-state index is 0.496. The van der Waals surface area contributed by atoms with E-state index >= 15 is 0 Å². The van der Waals surface area contributed by atoms with Crippen LogP contribution in [0.15, 0.2) is 18.3 Å². The van der Waals surface area contributed by atoms with Gasteiger partial charge in [-0.15, -0.1) is 0 Å². The second-order valence-corrected chi connectivity index (χ2v) is 4.77. The van der Waals surface area contributed by atoms with Gasteiger partial charge in [0.15, 0.2) is 0 Å². The van der Waals surface area contributed by atoms with Crippen LogP contribution in [-0.4, -0.2) is 30.8 Å². The minimum Gasteiger partial charge on any atom is -0.453 e. The molecule has 5 heteroatoms. The van der Waals surface area contributed by atoms with Gasteiger partial charge in [0.25, 0.3) is 0 Å². The van der Waals surface area contributed by atoms with Crippen molar-refractivity contribution in [2.24, 2.45) is 0 Å². The third-order valence-corrected chi connectivity index (χ3v) is 3.59. The molecule has 0 saturated carbocycles. The molecule has 1 aliphatic heterocycles. The molecule has 19 heavy (non-hydrogen) atoms. The van der Waals surface area contributed by atoms with E-state index in [1.54, 1.807) is 0 Å². The molecule has 1 fully saturated rings. The molecule has 0 aliphatic carbocycles. The molecule has 1 aromatic rings. The van der Waals surface area contributed by atoms with Crippen LogP contribution in [0.2, 0.25) is 0 Å². The van der Waals surface area contributed by atoms with Crippen LogP contribution < -0.4 is 10.2 Å². The Morgan fingerprint density at radius 1 is 1.53 bits per heavy atom. The van der Waals surface area contributed by atoms with Gasteiger partial charge in [-0.2, -0.15) is 0 Å². The number of nitrogens with one attached hydrogen (secondary N) is 1. The van der Waals surface area contributed by atoms with Gasteiger partial charge in [-0.3, -0.25) is 5.32 Å². The third-order valence-electron chi connectivity index (χ3n) is 3.59. The van der Waals surface area contributed by atoms with Gasteiger partial charge < -0.3 is 9.64 Å². The van der Waals surface area contributed by atoms with E-state index in [0.29, 0.717) is 11.9 Å². The predicted molar refractivity (Wildman–Crippen MR) is 75.5 cm³/mol. The summed E-state index contributed by atoms with van der Waals surface area (Å²) >= 11 is 0. The Balaban J connectivity index is 2.06. The van der Waals surface area contributed by atoms with Crippen LogP contribution in [-0.2, 0) is 4.74 Å². The van der Waals surface area contributed by atoms with Crippen LogP contribution >= 0.6 is 0 Å². The van der Waals surface area contributed by atoms with Crippen LogP contribution in [0.1, 0.15) is 32.6 Å². The number of nitrogens with zero attached hydrogens (tertiary/aromatic N) is 2. The summed E-state index contributed by atoms with van der Waals surface area (Å²) in [7, 11) is 1.34. The zero-order valence-corrected chi connectivity index (χ0v) is 11.6. The Labute approximate surface area is 114 Å². The van der Waals surface area contributed by atoms with E-state index in [1.165, 1.54) is 26.4 Å². The van der Waals surface area contributed by atoms with E-state index in [1.807, 2.05) is 18.3 Å². The number of rotatable bonds is 3. The summed E-state index contributed by atoms with van der Waals surface area (Å²) in [5.74, 6) is 0.514. The second kappa shape index (κ2) is 6.41. The average Bonchev–Trinajstić information content (AvgIpc) is 2.48. The summed E-state index contributed by atoms with van der Waals surface area (Å²) in [6.45, 7) is 3.31. The predicted octanol–water partition coefficient (Wildman–Crippen LogP) is 3.03. The zero-order valence-electron chi connectivity index (χ0n) is 11.6. The highest BCUT2D eigenvalue weighted by atomic mass is 16.5. The lowest BCUT2D eigenvalue weighted by Gasteiger charge is -2.37. The van der Waals surface area contributed by atoms with Gasteiger partial charge >= 0.3 is 6.09 Å². The molecule has 0 radical (unpaired) electrons. The Morgan fingerprint density at radius 3 is 3.00 bits per heavy atom. The fourth-order valence-corrected chi connectivity index (χ4v) is 2.55. The molecule has 0 bridgehead atoms. The van der Waals surface area contributed by atoms with Crippen LogP contribution in [0.4, 0.5) is 16.3 Å². The number of ether oxygens (including phenoxy) is 1. The number of anilines is 2.